The van der Waals surface area contributed by atoms with E-state index in [9.17, 15) is 14.3 Å². The van der Waals surface area contributed by atoms with Crippen LogP contribution in [0.25, 0.3) is 0 Å². The highest BCUT2D eigenvalue weighted by atomic mass is 32.2. The normalized spacial score (nSPS) is 18.1. The van der Waals surface area contributed by atoms with E-state index in [1.54, 1.807) is 11.5 Å². The molecule has 0 aromatic heterocycles. The van der Waals surface area contributed by atoms with Gasteiger partial charge in [-0.3, -0.25) is 4.79 Å². The monoisotopic (exact) mass is 238 g/mol. The van der Waals surface area contributed by atoms with Gasteiger partial charge in [0.2, 0.25) is 0 Å². The van der Waals surface area contributed by atoms with Crippen molar-refractivity contribution < 1.29 is 14.3 Å². The summed E-state index contributed by atoms with van der Waals surface area (Å²) in [5.74, 6) is 0.279. The molecule has 0 amide bonds. The Morgan fingerprint density at radius 2 is 2.25 bits per heavy atom. The first-order valence-corrected chi connectivity index (χ1v) is 6.02. The van der Waals surface area contributed by atoms with Crippen LogP contribution in [0.4, 0.5) is 4.39 Å². The number of hydrogen-bond donors (Lipinski definition) is 1. The molecule has 0 bridgehead atoms. The van der Waals surface area contributed by atoms with Crippen molar-refractivity contribution >= 4 is 17.5 Å². The molecule has 1 aromatic carbocycles. The van der Waals surface area contributed by atoms with Crippen molar-refractivity contribution in [3.8, 4) is 0 Å². The number of aliphatic hydroxyl groups excluding tert-OH is 1. The van der Waals surface area contributed by atoms with Crippen LogP contribution in [0, 0.1) is 5.82 Å². The minimum absolute atomic E-state index is 0.0597. The second-order valence-corrected chi connectivity index (χ2v) is 4.55. The second-order valence-electron chi connectivity index (χ2n) is 3.57. The summed E-state index contributed by atoms with van der Waals surface area (Å²) >= 11 is 1.50. The summed E-state index contributed by atoms with van der Waals surface area (Å²) in [5.41, 5.74) is 0.781. The second kappa shape index (κ2) is 4.80. The number of aliphatic hydroxyl groups is 1. The number of rotatable bonds is 2. The molecule has 2 nitrogen and oxygen atoms in total. The van der Waals surface area contributed by atoms with Gasteiger partial charge in [-0.1, -0.05) is 12.1 Å². The van der Waals surface area contributed by atoms with Crippen LogP contribution in [0.15, 0.2) is 35.2 Å². The zero-order chi connectivity index (χ0) is 11.5. The van der Waals surface area contributed by atoms with Gasteiger partial charge < -0.3 is 5.11 Å². The number of Topliss-reactive ketones (excluding diaryl/α,β-unsaturated/α-hetero) is 1. The molecule has 0 fully saturated rings. The number of carbonyl (C=O) groups excluding carboxylic acids is 1. The van der Waals surface area contributed by atoms with E-state index in [0.29, 0.717) is 17.6 Å². The Hall–Kier alpha value is -1.13. The van der Waals surface area contributed by atoms with E-state index in [1.807, 2.05) is 0 Å². The van der Waals surface area contributed by atoms with Gasteiger partial charge in [0.1, 0.15) is 11.9 Å². The molecule has 0 saturated heterocycles. The van der Waals surface area contributed by atoms with E-state index in [1.165, 1.54) is 30.0 Å². The fraction of sp³-hybridized carbons (Fsp3) is 0.250. The third-order valence-electron chi connectivity index (χ3n) is 2.44. The predicted octanol–water partition coefficient (Wildman–Crippen LogP) is 2.45. The van der Waals surface area contributed by atoms with Crippen LogP contribution in [0.5, 0.6) is 0 Å². The van der Waals surface area contributed by atoms with Crippen molar-refractivity contribution in [2.75, 3.05) is 5.75 Å². The predicted molar refractivity (Wildman–Crippen MR) is 61.5 cm³/mol. The highest BCUT2D eigenvalue weighted by molar-refractivity contribution is 8.02. The topological polar surface area (TPSA) is 37.3 Å². The molecule has 1 aromatic rings. The Morgan fingerprint density at radius 1 is 1.44 bits per heavy atom. The van der Waals surface area contributed by atoms with Crippen LogP contribution in [0.3, 0.4) is 0 Å². The summed E-state index contributed by atoms with van der Waals surface area (Å²) in [7, 11) is 0. The number of hydrogen-bond acceptors (Lipinski definition) is 3. The fourth-order valence-electron chi connectivity index (χ4n) is 1.58. The van der Waals surface area contributed by atoms with Crippen LogP contribution < -0.4 is 0 Å². The minimum Gasteiger partial charge on any atom is -0.384 e. The van der Waals surface area contributed by atoms with Gasteiger partial charge in [-0.05, 0) is 23.1 Å². The van der Waals surface area contributed by atoms with E-state index in [0.717, 1.165) is 5.75 Å². The third-order valence-corrected chi connectivity index (χ3v) is 3.30. The highest BCUT2D eigenvalue weighted by Crippen LogP contribution is 2.29. The fourth-order valence-corrected chi connectivity index (χ4v) is 2.44. The van der Waals surface area contributed by atoms with Crippen LogP contribution in [-0.2, 0) is 4.79 Å². The van der Waals surface area contributed by atoms with Gasteiger partial charge in [0.15, 0.2) is 5.78 Å². The standard InChI is InChI=1S/C12H11FO2S/c13-9-3-1-2-8(6-9)12(15)10-7-16-5-4-11(10)14/h1-3,6-7,12,15H,4-5H2. The molecule has 1 unspecified atom stereocenters. The molecule has 0 radical (unpaired) electrons. The van der Waals surface area contributed by atoms with Gasteiger partial charge in [0, 0.05) is 17.7 Å². The van der Waals surface area contributed by atoms with Crippen molar-refractivity contribution in [3.63, 3.8) is 0 Å². The highest BCUT2D eigenvalue weighted by Gasteiger charge is 2.22. The molecule has 16 heavy (non-hydrogen) atoms. The molecule has 1 atom stereocenters. The van der Waals surface area contributed by atoms with E-state index >= 15 is 0 Å². The lowest BCUT2D eigenvalue weighted by atomic mass is 9.98. The van der Waals surface area contributed by atoms with E-state index in [-0.39, 0.29) is 5.78 Å². The number of benzene rings is 1. The van der Waals surface area contributed by atoms with Crippen LogP contribution in [-0.4, -0.2) is 16.6 Å². The molecule has 84 valence electrons. The largest absolute Gasteiger partial charge is 0.384 e. The van der Waals surface area contributed by atoms with Crippen molar-refractivity contribution in [1.82, 2.24) is 0 Å². The first-order valence-electron chi connectivity index (χ1n) is 4.97. The van der Waals surface area contributed by atoms with Crippen LogP contribution in [0.2, 0.25) is 0 Å². The van der Waals surface area contributed by atoms with Gasteiger partial charge in [-0.15, -0.1) is 11.8 Å². The van der Waals surface area contributed by atoms with Crippen molar-refractivity contribution in [2.24, 2.45) is 0 Å². The molecule has 2 rings (SSSR count). The van der Waals surface area contributed by atoms with E-state index in [2.05, 4.69) is 0 Å². The van der Waals surface area contributed by atoms with E-state index in [4.69, 9.17) is 0 Å². The SMILES string of the molecule is O=C1CCSC=C1C(O)c1cccc(F)c1. The van der Waals surface area contributed by atoms with Crippen LogP contribution >= 0.6 is 11.8 Å². The first kappa shape index (κ1) is 11.4. The minimum atomic E-state index is -1.02. The molecule has 0 aliphatic carbocycles. The molecule has 1 aliphatic rings. The Bertz CT molecular complexity index is 442. The molecule has 1 aliphatic heterocycles. The van der Waals surface area contributed by atoms with Gasteiger partial charge in [0.25, 0.3) is 0 Å². The molecular weight excluding hydrogens is 227 g/mol. The van der Waals surface area contributed by atoms with Gasteiger partial charge in [-0.25, -0.2) is 4.39 Å². The quantitative estimate of drug-likeness (QED) is 0.860. The Kier molecular flexibility index (Phi) is 3.41. The molecule has 0 saturated carbocycles. The lowest BCUT2D eigenvalue weighted by Crippen LogP contribution is -2.14. The summed E-state index contributed by atoms with van der Waals surface area (Å²) in [6.45, 7) is 0. The summed E-state index contributed by atoms with van der Waals surface area (Å²) in [4.78, 5) is 11.6. The summed E-state index contributed by atoms with van der Waals surface area (Å²) in [5, 5.41) is 11.6. The maximum Gasteiger partial charge on any atom is 0.163 e. The lowest BCUT2D eigenvalue weighted by molar-refractivity contribution is -0.116. The van der Waals surface area contributed by atoms with Crippen molar-refractivity contribution in [3.05, 3.63) is 46.6 Å². The zero-order valence-electron chi connectivity index (χ0n) is 8.52. The lowest BCUT2D eigenvalue weighted by Gasteiger charge is -2.17. The smallest absolute Gasteiger partial charge is 0.163 e. The van der Waals surface area contributed by atoms with Gasteiger partial charge in [0.05, 0.1) is 0 Å². The molecule has 4 heteroatoms. The number of ketones is 1. The molecule has 0 spiro atoms. The number of carbonyl (C=O) groups is 1. The Morgan fingerprint density at radius 3 is 2.94 bits per heavy atom. The first-order chi connectivity index (χ1) is 7.68. The average Bonchev–Trinajstić information content (AvgIpc) is 2.29. The van der Waals surface area contributed by atoms with Gasteiger partial charge >= 0.3 is 0 Å². The summed E-state index contributed by atoms with van der Waals surface area (Å²) in [6, 6.07) is 5.69. The summed E-state index contributed by atoms with van der Waals surface area (Å²) in [6.07, 6.45) is -0.584. The average molecular weight is 238 g/mol. The van der Waals surface area contributed by atoms with Crippen molar-refractivity contribution in [2.45, 2.75) is 12.5 Å². The van der Waals surface area contributed by atoms with E-state index < -0.39 is 11.9 Å². The summed E-state index contributed by atoms with van der Waals surface area (Å²) < 4.78 is 13.0. The van der Waals surface area contributed by atoms with Crippen molar-refractivity contribution in [1.29, 1.82) is 0 Å². The van der Waals surface area contributed by atoms with Gasteiger partial charge in [-0.2, -0.15) is 0 Å². The number of halogens is 1. The molecule has 1 N–H and O–H groups in total. The zero-order valence-corrected chi connectivity index (χ0v) is 9.34. The van der Waals surface area contributed by atoms with Crippen LogP contribution in [0.1, 0.15) is 18.1 Å². The Labute approximate surface area is 97.2 Å². The maximum absolute atomic E-state index is 13.0. The molecule has 1 heterocycles. The maximum atomic E-state index is 13.0. The third kappa shape index (κ3) is 2.33. The number of thioether (sulfide) groups is 1. The Balaban J connectivity index is 2.28. The molecular formula is C12H11FO2S.